The quantitative estimate of drug-likeness (QED) is 0.398. The Kier molecular flexibility index (Phi) is 7.37. The van der Waals surface area contributed by atoms with Gasteiger partial charge in [-0.3, -0.25) is 9.69 Å². The number of benzene rings is 2. The molecule has 0 saturated carbocycles. The molecule has 2 heterocycles. The van der Waals surface area contributed by atoms with Gasteiger partial charge in [0.15, 0.2) is 5.13 Å². The van der Waals surface area contributed by atoms with Crippen LogP contribution in [0.25, 0.3) is 0 Å². The summed E-state index contributed by atoms with van der Waals surface area (Å²) in [6.07, 6.45) is 0.436. The Labute approximate surface area is 204 Å². The van der Waals surface area contributed by atoms with Crippen molar-refractivity contribution in [3.8, 4) is 5.75 Å². The summed E-state index contributed by atoms with van der Waals surface area (Å²) in [6.45, 7) is 10.1. The summed E-state index contributed by atoms with van der Waals surface area (Å²) in [7, 11) is 0. The van der Waals surface area contributed by atoms with Crippen molar-refractivity contribution in [3.63, 3.8) is 0 Å². The molecule has 0 bridgehead atoms. The van der Waals surface area contributed by atoms with Crippen LogP contribution in [0.2, 0.25) is 5.02 Å². The number of halogens is 1. The third-order valence-corrected chi connectivity index (χ3v) is 6.81. The number of rotatable bonds is 8. The second kappa shape index (κ2) is 10.2. The fraction of sp³-hybridized carbons (Fsp3) is 0.385. The maximum absolute atomic E-state index is 12.6. The highest BCUT2D eigenvalue weighted by atomic mass is 35.5. The number of hydrogen-bond acceptors (Lipinski definition) is 5. The van der Waals surface area contributed by atoms with Crippen molar-refractivity contribution in [2.45, 2.75) is 59.4 Å². The van der Waals surface area contributed by atoms with Gasteiger partial charge in [0.05, 0.1) is 24.3 Å². The smallest absolute Gasteiger partial charge is 0.230 e. The van der Waals surface area contributed by atoms with Gasteiger partial charge in [-0.25, -0.2) is 4.98 Å². The number of amides is 1. The van der Waals surface area contributed by atoms with Gasteiger partial charge in [0, 0.05) is 23.0 Å². The number of ether oxygens (including phenoxy) is 1. The number of nitrogens with zero attached hydrogens (tertiary/aromatic N) is 2. The maximum atomic E-state index is 12.6. The molecule has 33 heavy (non-hydrogen) atoms. The molecule has 5 nitrogen and oxygen atoms in total. The molecule has 1 aromatic heterocycles. The van der Waals surface area contributed by atoms with Gasteiger partial charge in [-0.05, 0) is 55.2 Å². The van der Waals surface area contributed by atoms with E-state index in [0.29, 0.717) is 17.5 Å². The minimum absolute atomic E-state index is 0.0564. The van der Waals surface area contributed by atoms with Gasteiger partial charge >= 0.3 is 0 Å². The van der Waals surface area contributed by atoms with Crippen LogP contribution in [-0.2, 0) is 24.3 Å². The first-order valence-electron chi connectivity index (χ1n) is 11.3. The zero-order valence-electron chi connectivity index (χ0n) is 19.5. The lowest BCUT2D eigenvalue weighted by Gasteiger charge is -2.27. The van der Waals surface area contributed by atoms with Crippen molar-refractivity contribution in [2.75, 3.05) is 5.32 Å². The largest absolute Gasteiger partial charge is 0.491 e. The molecule has 3 aromatic rings. The predicted molar refractivity (Wildman–Crippen MR) is 135 cm³/mol. The molecular weight excluding hydrogens is 454 g/mol. The van der Waals surface area contributed by atoms with E-state index in [1.165, 1.54) is 10.4 Å². The van der Waals surface area contributed by atoms with Gasteiger partial charge in [0.1, 0.15) is 5.75 Å². The summed E-state index contributed by atoms with van der Waals surface area (Å²) >= 11 is 7.62. The summed E-state index contributed by atoms with van der Waals surface area (Å²) < 4.78 is 5.67. The standard InChI is InChI=1S/C26H30ClN3O2S/c1-16(2)25-24-22(15-30(25)14-19-5-9-20(27)10-6-19)33-26(29-24)28-23(31)13-18-7-11-21(12-8-18)32-17(3)4/h5-12,16-17,25H,13-15H2,1-4H3,(H,28,29,31)/t25-/m0/s1. The third-order valence-electron chi connectivity index (χ3n) is 5.58. The number of carbonyl (C=O) groups excluding carboxylic acids is 1. The van der Waals surface area contributed by atoms with Crippen LogP contribution in [0.15, 0.2) is 48.5 Å². The van der Waals surface area contributed by atoms with E-state index in [1.54, 1.807) is 11.3 Å². The Morgan fingerprint density at radius 3 is 2.42 bits per heavy atom. The van der Waals surface area contributed by atoms with Crippen LogP contribution in [0.3, 0.4) is 0 Å². The maximum Gasteiger partial charge on any atom is 0.230 e. The minimum atomic E-state index is -0.0564. The zero-order chi connectivity index (χ0) is 23.5. The lowest BCUT2D eigenvalue weighted by Crippen LogP contribution is -2.26. The summed E-state index contributed by atoms with van der Waals surface area (Å²) in [5, 5.41) is 4.43. The van der Waals surface area contributed by atoms with Crippen LogP contribution in [-0.4, -0.2) is 21.9 Å². The van der Waals surface area contributed by atoms with Gasteiger partial charge in [-0.1, -0.05) is 49.7 Å². The summed E-state index contributed by atoms with van der Waals surface area (Å²) in [5.41, 5.74) is 3.27. The van der Waals surface area contributed by atoms with E-state index in [9.17, 15) is 4.79 Å². The first-order valence-corrected chi connectivity index (χ1v) is 12.5. The predicted octanol–water partition coefficient (Wildman–Crippen LogP) is 6.48. The Hall–Kier alpha value is -2.41. The number of hydrogen-bond donors (Lipinski definition) is 1. The number of fused-ring (bicyclic) bond motifs is 1. The van der Waals surface area contributed by atoms with Crippen LogP contribution in [0.4, 0.5) is 5.13 Å². The summed E-state index contributed by atoms with van der Waals surface area (Å²) in [6, 6.07) is 15.9. The highest BCUT2D eigenvalue weighted by Crippen LogP contribution is 2.43. The molecule has 0 fully saturated rings. The van der Waals surface area contributed by atoms with E-state index in [4.69, 9.17) is 21.3 Å². The van der Waals surface area contributed by atoms with Gasteiger partial charge < -0.3 is 10.1 Å². The molecular formula is C26H30ClN3O2S. The average Bonchev–Trinajstić information content (AvgIpc) is 3.27. The lowest BCUT2D eigenvalue weighted by atomic mass is 10.0. The number of aromatic nitrogens is 1. The van der Waals surface area contributed by atoms with Crippen LogP contribution in [0.1, 0.15) is 55.4 Å². The van der Waals surface area contributed by atoms with Crippen molar-refractivity contribution in [1.82, 2.24) is 9.88 Å². The number of thiazole rings is 1. The number of carbonyl (C=O) groups is 1. The molecule has 1 aliphatic heterocycles. The highest BCUT2D eigenvalue weighted by Gasteiger charge is 2.36. The van der Waals surface area contributed by atoms with Gasteiger partial charge in [-0.15, -0.1) is 11.3 Å². The van der Waals surface area contributed by atoms with Gasteiger partial charge in [0.2, 0.25) is 5.91 Å². The molecule has 1 amide bonds. The van der Waals surface area contributed by atoms with Gasteiger partial charge in [0.25, 0.3) is 0 Å². The molecule has 0 unspecified atom stereocenters. The van der Waals surface area contributed by atoms with Crippen molar-refractivity contribution in [2.24, 2.45) is 5.92 Å². The molecule has 0 spiro atoms. The Bertz CT molecular complexity index is 1090. The van der Waals surface area contributed by atoms with Crippen LogP contribution in [0.5, 0.6) is 5.75 Å². The van der Waals surface area contributed by atoms with E-state index >= 15 is 0 Å². The molecule has 0 aliphatic carbocycles. The average molecular weight is 484 g/mol. The van der Waals surface area contributed by atoms with E-state index in [1.807, 2.05) is 50.2 Å². The summed E-state index contributed by atoms with van der Waals surface area (Å²) in [4.78, 5) is 21.1. The van der Waals surface area contributed by atoms with Crippen molar-refractivity contribution >= 4 is 34.0 Å². The van der Waals surface area contributed by atoms with Crippen molar-refractivity contribution in [1.29, 1.82) is 0 Å². The molecule has 4 rings (SSSR count). The monoisotopic (exact) mass is 483 g/mol. The van der Waals surface area contributed by atoms with Crippen LogP contribution in [0, 0.1) is 5.92 Å². The first-order chi connectivity index (χ1) is 15.8. The topological polar surface area (TPSA) is 54.5 Å². The molecule has 0 saturated heterocycles. The molecule has 174 valence electrons. The van der Waals surface area contributed by atoms with Crippen molar-refractivity contribution in [3.05, 3.63) is 75.3 Å². The third kappa shape index (κ3) is 5.94. The second-order valence-corrected chi connectivity index (χ2v) is 10.6. The molecule has 1 aliphatic rings. The fourth-order valence-corrected chi connectivity index (χ4v) is 5.41. The van der Waals surface area contributed by atoms with Crippen LogP contribution < -0.4 is 10.1 Å². The lowest BCUT2D eigenvalue weighted by molar-refractivity contribution is -0.115. The van der Waals surface area contributed by atoms with E-state index < -0.39 is 0 Å². The first kappa shape index (κ1) is 23.7. The zero-order valence-corrected chi connectivity index (χ0v) is 21.0. The highest BCUT2D eigenvalue weighted by molar-refractivity contribution is 7.15. The second-order valence-electron chi connectivity index (χ2n) is 9.08. The minimum Gasteiger partial charge on any atom is -0.491 e. The molecule has 1 N–H and O–H groups in total. The Balaban J connectivity index is 1.39. The van der Waals surface area contributed by atoms with Crippen LogP contribution >= 0.6 is 22.9 Å². The SMILES string of the molecule is CC(C)Oc1ccc(CC(=O)Nc2nc3c(s2)CN(Cc2ccc(Cl)cc2)[C@H]3C(C)C)cc1. The van der Waals surface area contributed by atoms with E-state index in [0.717, 1.165) is 35.1 Å². The Morgan fingerprint density at radius 1 is 1.12 bits per heavy atom. The molecule has 2 aromatic carbocycles. The fourth-order valence-electron chi connectivity index (χ4n) is 4.24. The summed E-state index contributed by atoms with van der Waals surface area (Å²) in [5.74, 6) is 1.17. The molecule has 7 heteroatoms. The van der Waals surface area contributed by atoms with Crippen molar-refractivity contribution < 1.29 is 9.53 Å². The number of anilines is 1. The molecule has 1 atom stereocenters. The van der Waals surface area contributed by atoms with E-state index in [-0.39, 0.29) is 18.1 Å². The Morgan fingerprint density at radius 2 is 1.79 bits per heavy atom. The molecule has 0 radical (unpaired) electrons. The van der Waals surface area contributed by atoms with E-state index in [2.05, 4.69) is 36.2 Å². The van der Waals surface area contributed by atoms with Gasteiger partial charge in [-0.2, -0.15) is 0 Å². The number of nitrogens with one attached hydrogen (secondary N) is 1. The normalized spacial score (nSPS) is 15.8.